The van der Waals surface area contributed by atoms with Gasteiger partial charge in [0, 0.05) is 48.1 Å². The number of benzene rings is 1. The predicted molar refractivity (Wildman–Crippen MR) is 82.9 cm³/mol. The van der Waals surface area contributed by atoms with Gasteiger partial charge in [0.25, 0.3) is 0 Å². The minimum Gasteiger partial charge on any atom is -0.423 e. The monoisotopic (exact) mass is 336 g/mol. The normalized spacial score (nSPS) is 20.4. The molecular weight excluding hydrogens is 320 g/mol. The van der Waals surface area contributed by atoms with E-state index in [0.29, 0.717) is 11.6 Å². The van der Waals surface area contributed by atoms with E-state index in [0.717, 1.165) is 41.6 Å². The first kappa shape index (κ1) is 13.8. The summed E-state index contributed by atoms with van der Waals surface area (Å²) in [6.07, 6.45) is 0. The summed E-state index contributed by atoms with van der Waals surface area (Å²) in [4.78, 5) is 14.1. The van der Waals surface area contributed by atoms with E-state index in [-0.39, 0.29) is 5.63 Å². The summed E-state index contributed by atoms with van der Waals surface area (Å²) in [6.45, 7) is 5.97. The molecule has 106 valence electrons. The van der Waals surface area contributed by atoms with Gasteiger partial charge in [0.05, 0.1) is 0 Å². The smallest absolute Gasteiger partial charge is 0.336 e. The van der Waals surface area contributed by atoms with Gasteiger partial charge in [-0.1, -0.05) is 15.9 Å². The second kappa shape index (κ2) is 5.68. The maximum atomic E-state index is 11.7. The zero-order chi connectivity index (χ0) is 14.1. The maximum Gasteiger partial charge on any atom is 0.336 e. The van der Waals surface area contributed by atoms with E-state index in [2.05, 4.69) is 33.1 Å². The SMILES string of the molecule is CC1CNCCN1Cc1cc(=O)oc2cc(Br)ccc12. The zero-order valence-corrected chi connectivity index (χ0v) is 12.9. The van der Waals surface area contributed by atoms with Gasteiger partial charge in [-0.15, -0.1) is 0 Å². The summed E-state index contributed by atoms with van der Waals surface area (Å²) in [5, 5.41) is 4.39. The van der Waals surface area contributed by atoms with Crippen LogP contribution in [0.15, 0.2) is 37.9 Å². The lowest BCUT2D eigenvalue weighted by Crippen LogP contribution is -2.49. The number of fused-ring (bicyclic) bond motifs is 1. The number of halogens is 1. The highest BCUT2D eigenvalue weighted by Crippen LogP contribution is 2.23. The molecule has 2 heterocycles. The molecule has 1 saturated heterocycles. The largest absolute Gasteiger partial charge is 0.423 e. The van der Waals surface area contributed by atoms with Crippen molar-refractivity contribution in [3.63, 3.8) is 0 Å². The van der Waals surface area contributed by atoms with Crippen LogP contribution in [-0.4, -0.2) is 30.6 Å². The molecule has 1 unspecified atom stereocenters. The number of piperazine rings is 1. The van der Waals surface area contributed by atoms with Gasteiger partial charge in [-0.3, -0.25) is 4.90 Å². The van der Waals surface area contributed by atoms with Gasteiger partial charge in [-0.25, -0.2) is 4.79 Å². The molecule has 0 amide bonds. The molecule has 0 aliphatic carbocycles. The molecule has 1 aliphatic rings. The zero-order valence-electron chi connectivity index (χ0n) is 11.4. The van der Waals surface area contributed by atoms with Crippen LogP contribution in [0, 0.1) is 0 Å². The number of hydrogen-bond acceptors (Lipinski definition) is 4. The molecule has 20 heavy (non-hydrogen) atoms. The van der Waals surface area contributed by atoms with E-state index in [4.69, 9.17) is 4.42 Å². The van der Waals surface area contributed by atoms with Crippen molar-refractivity contribution in [3.8, 4) is 0 Å². The molecule has 0 radical (unpaired) electrons. The Bertz CT molecular complexity index is 683. The van der Waals surface area contributed by atoms with Crippen LogP contribution in [0.3, 0.4) is 0 Å². The molecule has 1 aromatic heterocycles. The first-order valence-electron chi connectivity index (χ1n) is 6.80. The molecule has 1 fully saturated rings. The number of nitrogens with one attached hydrogen (secondary N) is 1. The summed E-state index contributed by atoms with van der Waals surface area (Å²) < 4.78 is 6.20. The lowest BCUT2D eigenvalue weighted by atomic mass is 10.1. The minimum atomic E-state index is -0.284. The first-order chi connectivity index (χ1) is 9.63. The second-order valence-corrected chi connectivity index (χ2v) is 6.17. The Balaban J connectivity index is 2.00. The Kier molecular flexibility index (Phi) is 3.92. The summed E-state index contributed by atoms with van der Waals surface area (Å²) in [5.41, 5.74) is 1.40. The first-order valence-corrected chi connectivity index (χ1v) is 7.60. The fourth-order valence-corrected chi connectivity index (χ4v) is 3.01. The summed E-state index contributed by atoms with van der Waals surface area (Å²) >= 11 is 3.41. The van der Waals surface area contributed by atoms with Crippen molar-refractivity contribution in [1.82, 2.24) is 10.2 Å². The van der Waals surface area contributed by atoms with Gasteiger partial charge in [0.2, 0.25) is 0 Å². The van der Waals surface area contributed by atoms with Crippen molar-refractivity contribution >= 4 is 26.9 Å². The molecule has 0 saturated carbocycles. The average molecular weight is 337 g/mol. The van der Waals surface area contributed by atoms with Crippen LogP contribution in [0.4, 0.5) is 0 Å². The Labute approximate surface area is 125 Å². The lowest BCUT2D eigenvalue weighted by Gasteiger charge is -2.34. The number of rotatable bonds is 2. The van der Waals surface area contributed by atoms with Gasteiger partial charge >= 0.3 is 5.63 Å². The molecule has 1 atom stereocenters. The van der Waals surface area contributed by atoms with E-state index < -0.39 is 0 Å². The molecule has 4 nitrogen and oxygen atoms in total. The fraction of sp³-hybridized carbons (Fsp3) is 0.400. The van der Waals surface area contributed by atoms with Crippen molar-refractivity contribution in [2.75, 3.05) is 19.6 Å². The van der Waals surface area contributed by atoms with Crippen LogP contribution < -0.4 is 10.9 Å². The average Bonchev–Trinajstić information content (AvgIpc) is 2.40. The third kappa shape index (κ3) is 2.80. The Hall–Kier alpha value is -1.17. The molecular formula is C15H17BrN2O2. The van der Waals surface area contributed by atoms with E-state index in [1.165, 1.54) is 0 Å². The van der Waals surface area contributed by atoms with Gasteiger partial charge < -0.3 is 9.73 Å². The Morgan fingerprint density at radius 3 is 3.10 bits per heavy atom. The van der Waals surface area contributed by atoms with Crippen LogP contribution in [-0.2, 0) is 6.54 Å². The van der Waals surface area contributed by atoms with Crippen LogP contribution in [0.25, 0.3) is 11.0 Å². The summed E-state index contributed by atoms with van der Waals surface area (Å²) in [7, 11) is 0. The molecule has 5 heteroatoms. The van der Waals surface area contributed by atoms with Crippen LogP contribution in [0.1, 0.15) is 12.5 Å². The minimum absolute atomic E-state index is 0.284. The number of hydrogen-bond donors (Lipinski definition) is 1. The molecule has 2 aromatic rings. The molecule has 0 bridgehead atoms. The van der Waals surface area contributed by atoms with Crippen molar-refractivity contribution in [2.45, 2.75) is 19.5 Å². The summed E-state index contributed by atoms with van der Waals surface area (Å²) in [6, 6.07) is 7.92. The van der Waals surface area contributed by atoms with Gasteiger partial charge in [0.1, 0.15) is 5.58 Å². The maximum absolute atomic E-state index is 11.7. The highest BCUT2D eigenvalue weighted by Gasteiger charge is 2.19. The highest BCUT2D eigenvalue weighted by molar-refractivity contribution is 9.10. The van der Waals surface area contributed by atoms with Gasteiger partial charge in [-0.05, 0) is 30.7 Å². The van der Waals surface area contributed by atoms with Gasteiger partial charge in [0.15, 0.2) is 0 Å². The van der Waals surface area contributed by atoms with Crippen molar-refractivity contribution < 1.29 is 4.42 Å². The molecule has 3 rings (SSSR count). The fourth-order valence-electron chi connectivity index (χ4n) is 2.67. The van der Waals surface area contributed by atoms with E-state index in [1.54, 1.807) is 6.07 Å². The van der Waals surface area contributed by atoms with E-state index in [1.807, 2.05) is 18.2 Å². The predicted octanol–water partition coefficient (Wildman–Crippen LogP) is 2.35. The molecule has 1 aromatic carbocycles. The molecule has 0 spiro atoms. The van der Waals surface area contributed by atoms with E-state index in [9.17, 15) is 4.79 Å². The third-order valence-electron chi connectivity index (χ3n) is 3.80. The van der Waals surface area contributed by atoms with Crippen molar-refractivity contribution in [2.24, 2.45) is 0 Å². The Morgan fingerprint density at radius 2 is 2.30 bits per heavy atom. The van der Waals surface area contributed by atoms with Crippen LogP contribution >= 0.6 is 15.9 Å². The van der Waals surface area contributed by atoms with Crippen LogP contribution in [0.2, 0.25) is 0 Å². The number of nitrogens with zero attached hydrogens (tertiary/aromatic N) is 1. The quantitative estimate of drug-likeness (QED) is 0.855. The van der Waals surface area contributed by atoms with Gasteiger partial charge in [-0.2, -0.15) is 0 Å². The third-order valence-corrected chi connectivity index (χ3v) is 4.30. The van der Waals surface area contributed by atoms with Crippen molar-refractivity contribution in [3.05, 3.63) is 44.7 Å². The molecule has 1 N–H and O–H groups in total. The topological polar surface area (TPSA) is 45.5 Å². The second-order valence-electron chi connectivity index (χ2n) is 5.25. The van der Waals surface area contributed by atoms with Crippen molar-refractivity contribution in [1.29, 1.82) is 0 Å². The van der Waals surface area contributed by atoms with Crippen LogP contribution in [0.5, 0.6) is 0 Å². The standard InChI is InChI=1S/C15H17BrN2O2/c1-10-8-17-4-5-18(10)9-11-6-15(19)20-14-7-12(16)2-3-13(11)14/h2-3,6-7,10,17H,4-5,8-9H2,1H3. The Morgan fingerprint density at radius 1 is 1.45 bits per heavy atom. The lowest BCUT2D eigenvalue weighted by molar-refractivity contribution is 0.166. The summed E-state index contributed by atoms with van der Waals surface area (Å²) in [5.74, 6) is 0. The highest BCUT2D eigenvalue weighted by atomic mass is 79.9. The molecule has 1 aliphatic heterocycles. The van der Waals surface area contributed by atoms with E-state index >= 15 is 0 Å².